The maximum absolute atomic E-state index is 13.0. The van der Waals surface area contributed by atoms with Gasteiger partial charge in [0.25, 0.3) is 0 Å². The minimum absolute atomic E-state index is 0.262. The summed E-state index contributed by atoms with van der Waals surface area (Å²) in [5.74, 6) is 2.62. The number of hydrogen-bond acceptors (Lipinski definition) is 4. The summed E-state index contributed by atoms with van der Waals surface area (Å²) in [5.41, 5.74) is 2.93. The predicted molar refractivity (Wildman–Crippen MR) is 124 cm³/mol. The molecule has 0 spiro atoms. The van der Waals surface area contributed by atoms with Gasteiger partial charge in [0, 0.05) is 12.2 Å². The normalized spacial score (nSPS) is 10.4. The van der Waals surface area contributed by atoms with E-state index in [4.69, 9.17) is 14.2 Å². The minimum atomic E-state index is -0.262. The summed E-state index contributed by atoms with van der Waals surface area (Å²) < 4.78 is 30.2. The van der Waals surface area contributed by atoms with Crippen molar-refractivity contribution in [3.8, 4) is 23.0 Å². The lowest BCUT2D eigenvalue weighted by Gasteiger charge is -2.13. The molecular formula is C27H24FNO3. The van der Waals surface area contributed by atoms with Gasteiger partial charge in [0.1, 0.15) is 23.9 Å². The molecule has 0 saturated carbocycles. The molecule has 0 aromatic heterocycles. The maximum atomic E-state index is 13.0. The molecule has 0 radical (unpaired) electrons. The van der Waals surface area contributed by atoms with Crippen molar-refractivity contribution >= 4 is 5.69 Å². The second-order valence-electron chi connectivity index (χ2n) is 7.19. The highest BCUT2D eigenvalue weighted by Gasteiger charge is 2.07. The molecule has 5 heteroatoms. The zero-order valence-electron chi connectivity index (χ0n) is 17.8. The van der Waals surface area contributed by atoms with Crippen LogP contribution in [0.15, 0.2) is 97.1 Å². The van der Waals surface area contributed by atoms with Crippen molar-refractivity contribution in [3.05, 3.63) is 114 Å². The van der Waals surface area contributed by atoms with Gasteiger partial charge in [-0.1, -0.05) is 36.4 Å². The third-order valence-corrected chi connectivity index (χ3v) is 4.87. The SMILES string of the molecule is COc1cc(CNc2ccc(Oc3ccccc3)cc2)ccc1OCc1ccc(F)cc1. The smallest absolute Gasteiger partial charge is 0.161 e. The van der Waals surface area contributed by atoms with Crippen molar-refractivity contribution in [2.45, 2.75) is 13.2 Å². The largest absolute Gasteiger partial charge is 0.493 e. The number of ether oxygens (including phenoxy) is 3. The fraction of sp³-hybridized carbons (Fsp3) is 0.111. The van der Waals surface area contributed by atoms with Gasteiger partial charge in [0.2, 0.25) is 0 Å². The van der Waals surface area contributed by atoms with Gasteiger partial charge in [-0.2, -0.15) is 0 Å². The van der Waals surface area contributed by atoms with Gasteiger partial charge in [0.05, 0.1) is 7.11 Å². The van der Waals surface area contributed by atoms with Crippen LogP contribution in [-0.4, -0.2) is 7.11 Å². The first-order valence-corrected chi connectivity index (χ1v) is 10.3. The Balaban J connectivity index is 1.33. The Labute approximate surface area is 187 Å². The highest BCUT2D eigenvalue weighted by Crippen LogP contribution is 2.29. The standard InChI is InChI=1S/C27H24FNO3/c1-30-27-17-21(9-16-26(27)31-19-20-7-10-22(28)11-8-20)18-29-23-12-14-25(15-13-23)32-24-5-3-2-4-6-24/h2-17,29H,18-19H2,1H3. The van der Waals surface area contributed by atoms with Crippen LogP contribution in [-0.2, 0) is 13.2 Å². The molecule has 4 nitrogen and oxygen atoms in total. The van der Waals surface area contributed by atoms with Gasteiger partial charge in [-0.25, -0.2) is 4.39 Å². The van der Waals surface area contributed by atoms with Crippen LogP contribution in [0.4, 0.5) is 10.1 Å². The van der Waals surface area contributed by atoms with Gasteiger partial charge in [-0.15, -0.1) is 0 Å². The molecule has 0 bridgehead atoms. The second kappa shape index (κ2) is 10.4. The summed E-state index contributed by atoms with van der Waals surface area (Å²) in [6.07, 6.45) is 0. The number of rotatable bonds is 9. The Kier molecular flexibility index (Phi) is 6.88. The molecule has 0 fully saturated rings. The van der Waals surface area contributed by atoms with Crippen molar-refractivity contribution in [1.82, 2.24) is 0 Å². The Morgan fingerprint density at radius 2 is 1.41 bits per heavy atom. The summed E-state index contributed by atoms with van der Waals surface area (Å²) in [6.45, 7) is 0.971. The molecule has 162 valence electrons. The molecule has 4 aromatic rings. The molecule has 4 aromatic carbocycles. The maximum Gasteiger partial charge on any atom is 0.161 e. The molecule has 0 aliphatic rings. The second-order valence-corrected chi connectivity index (χ2v) is 7.19. The number of para-hydroxylation sites is 1. The molecule has 0 heterocycles. The summed E-state index contributed by atoms with van der Waals surface area (Å²) in [7, 11) is 1.61. The Hall–Kier alpha value is -3.99. The molecule has 0 aliphatic carbocycles. The molecule has 4 rings (SSSR count). The first-order valence-electron chi connectivity index (χ1n) is 10.3. The molecule has 0 unspecified atom stereocenters. The predicted octanol–water partition coefficient (Wildman–Crippen LogP) is 6.82. The average Bonchev–Trinajstić information content (AvgIpc) is 2.84. The fourth-order valence-corrected chi connectivity index (χ4v) is 3.15. The fourth-order valence-electron chi connectivity index (χ4n) is 3.15. The molecule has 0 atom stereocenters. The monoisotopic (exact) mass is 429 g/mol. The van der Waals surface area contributed by atoms with E-state index in [1.807, 2.05) is 72.8 Å². The Morgan fingerprint density at radius 3 is 2.12 bits per heavy atom. The number of hydrogen-bond donors (Lipinski definition) is 1. The minimum Gasteiger partial charge on any atom is -0.493 e. The quantitative estimate of drug-likeness (QED) is 0.317. The summed E-state index contributed by atoms with van der Waals surface area (Å²) in [5, 5.41) is 3.40. The van der Waals surface area contributed by atoms with Crippen molar-refractivity contribution in [3.63, 3.8) is 0 Å². The molecule has 0 amide bonds. The van der Waals surface area contributed by atoms with Crippen LogP contribution in [0, 0.1) is 5.82 Å². The van der Waals surface area contributed by atoms with Gasteiger partial charge >= 0.3 is 0 Å². The molecule has 32 heavy (non-hydrogen) atoms. The van der Waals surface area contributed by atoms with E-state index in [1.165, 1.54) is 12.1 Å². The van der Waals surface area contributed by atoms with E-state index in [-0.39, 0.29) is 5.82 Å². The summed E-state index contributed by atoms with van der Waals surface area (Å²) in [6, 6.07) is 29.6. The van der Waals surface area contributed by atoms with Gasteiger partial charge in [-0.05, 0) is 71.8 Å². The van der Waals surface area contributed by atoms with Crippen molar-refractivity contribution in [1.29, 1.82) is 0 Å². The third kappa shape index (κ3) is 5.79. The molecule has 0 saturated heterocycles. The van der Waals surface area contributed by atoms with E-state index < -0.39 is 0 Å². The highest BCUT2D eigenvalue weighted by atomic mass is 19.1. The molecule has 1 N–H and O–H groups in total. The Bertz CT molecular complexity index is 1130. The number of methoxy groups -OCH3 is 1. The lowest BCUT2D eigenvalue weighted by molar-refractivity contribution is 0.284. The first kappa shape index (κ1) is 21.2. The number of halogens is 1. The van der Waals surface area contributed by atoms with Gasteiger partial charge < -0.3 is 19.5 Å². The zero-order valence-corrected chi connectivity index (χ0v) is 17.8. The lowest BCUT2D eigenvalue weighted by atomic mass is 10.2. The van der Waals surface area contributed by atoms with Gasteiger partial charge in [-0.3, -0.25) is 0 Å². The van der Waals surface area contributed by atoms with Crippen LogP contribution in [0.25, 0.3) is 0 Å². The first-order chi connectivity index (χ1) is 15.7. The van der Waals surface area contributed by atoms with Crippen LogP contribution in [0.3, 0.4) is 0 Å². The summed E-state index contributed by atoms with van der Waals surface area (Å²) in [4.78, 5) is 0. The molecular weight excluding hydrogens is 405 g/mol. The number of anilines is 1. The van der Waals surface area contributed by atoms with E-state index in [2.05, 4.69) is 5.32 Å². The van der Waals surface area contributed by atoms with Gasteiger partial charge in [0.15, 0.2) is 11.5 Å². The summed E-state index contributed by atoms with van der Waals surface area (Å²) >= 11 is 0. The highest BCUT2D eigenvalue weighted by molar-refractivity contribution is 5.49. The van der Waals surface area contributed by atoms with E-state index in [0.717, 1.165) is 28.3 Å². The van der Waals surface area contributed by atoms with Crippen molar-refractivity contribution in [2.24, 2.45) is 0 Å². The average molecular weight is 429 g/mol. The van der Waals surface area contributed by atoms with Crippen LogP contribution in [0.2, 0.25) is 0 Å². The van der Waals surface area contributed by atoms with Crippen molar-refractivity contribution in [2.75, 3.05) is 12.4 Å². The topological polar surface area (TPSA) is 39.7 Å². The van der Waals surface area contributed by atoms with Crippen LogP contribution < -0.4 is 19.5 Å². The van der Waals surface area contributed by atoms with Crippen molar-refractivity contribution < 1.29 is 18.6 Å². The number of nitrogens with one attached hydrogen (secondary N) is 1. The molecule has 0 aliphatic heterocycles. The Morgan fingerprint density at radius 1 is 0.719 bits per heavy atom. The third-order valence-electron chi connectivity index (χ3n) is 4.87. The zero-order chi connectivity index (χ0) is 22.2. The van der Waals surface area contributed by atoms with E-state index in [9.17, 15) is 4.39 Å². The van der Waals surface area contributed by atoms with Crippen LogP contribution >= 0.6 is 0 Å². The van der Waals surface area contributed by atoms with Crippen LogP contribution in [0.1, 0.15) is 11.1 Å². The lowest BCUT2D eigenvalue weighted by Crippen LogP contribution is -2.02. The van der Waals surface area contributed by atoms with Crippen LogP contribution in [0.5, 0.6) is 23.0 Å². The van der Waals surface area contributed by atoms with E-state index >= 15 is 0 Å². The van der Waals surface area contributed by atoms with E-state index in [0.29, 0.717) is 24.7 Å². The number of benzene rings is 4. The van der Waals surface area contributed by atoms with E-state index in [1.54, 1.807) is 19.2 Å².